The highest BCUT2D eigenvalue weighted by atomic mass is 16.2. The standard InChI is InChI=1S/C18H23N5O2/c1-22-11-7-14(8-12-22)20-15-5-2-3-6-16(15)21-17(24)13-23-10-4-9-19-18(23)25/h2-6,9-10,14,20H,7-8,11-13H2,1H3,(H,21,24). The number of amides is 1. The van der Waals surface area contributed by atoms with Gasteiger partial charge in [-0.3, -0.25) is 9.36 Å². The van der Waals surface area contributed by atoms with Crippen LogP contribution in [-0.4, -0.2) is 46.5 Å². The van der Waals surface area contributed by atoms with E-state index in [1.807, 2.05) is 24.3 Å². The van der Waals surface area contributed by atoms with Crippen LogP contribution in [0.1, 0.15) is 12.8 Å². The lowest BCUT2D eigenvalue weighted by Gasteiger charge is -2.30. The summed E-state index contributed by atoms with van der Waals surface area (Å²) in [5.41, 5.74) is 1.20. The molecule has 0 spiro atoms. The van der Waals surface area contributed by atoms with Crippen molar-refractivity contribution in [2.24, 2.45) is 0 Å². The van der Waals surface area contributed by atoms with Gasteiger partial charge >= 0.3 is 5.69 Å². The predicted octanol–water partition coefficient (Wildman–Crippen LogP) is 1.39. The van der Waals surface area contributed by atoms with E-state index in [0.29, 0.717) is 6.04 Å². The Morgan fingerprint density at radius 1 is 1.20 bits per heavy atom. The first-order chi connectivity index (χ1) is 12.1. The first-order valence-corrected chi connectivity index (χ1v) is 8.47. The second-order valence-electron chi connectivity index (χ2n) is 6.35. The Labute approximate surface area is 146 Å². The van der Waals surface area contributed by atoms with Crippen molar-refractivity contribution in [1.82, 2.24) is 14.5 Å². The normalized spacial score (nSPS) is 15.7. The number of aromatic nitrogens is 2. The Morgan fingerprint density at radius 3 is 2.64 bits per heavy atom. The Hall–Kier alpha value is -2.67. The van der Waals surface area contributed by atoms with Crippen molar-refractivity contribution in [2.75, 3.05) is 30.8 Å². The van der Waals surface area contributed by atoms with Gasteiger partial charge in [0.05, 0.1) is 11.4 Å². The molecule has 0 bridgehead atoms. The third-order valence-electron chi connectivity index (χ3n) is 4.38. The van der Waals surface area contributed by atoms with Crippen LogP contribution in [0.25, 0.3) is 0 Å². The summed E-state index contributed by atoms with van der Waals surface area (Å²) in [6.07, 6.45) is 5.11. The van der Waals surface area contributed by atoms with Crippen LogP contribution in [0.5, 0.6) is 0 Å². The van der Waals surface area contributed by atoms with Gasteiger partial charge in [0, 0.05) is 18.4 Å². The number of hydrogen-bond acceptors (Lipinski definition) is 5. The summed E-state index contributed by atoms with van der Waals surface area (Å²) >= 11 is 0. The maximum atomic E-state index is 12.3. The van der Waals surface area contributed by atoms with Crippen molar-refractivity contribution in [3.05, 3.63) is 53.2 Å². The van der Waals surface area contributed by atoms with Gasteiger partial charge in [0.2, 0.25) is 5.91 Å². The molecule has 0 unspecified atom stereocenters. The molecule has 0 atom stereocenters. The molecule has 0 aliphatic carbocycles. The Kier molecular flexibility index (Phi) is 5.45. The highest BCUT2D eigenvalue weighted by Crippen LogP contribution is 2.24. The van der Waals surface area contributed by atoms with Gasteiger partial charge in [0.1, 0.15) is 6.54 Å². The fraction of sp³-hybridized carbons (Fsp3) is 0.389. The molecule has 7 heteroatoms. The number of hydrogen-bond donors (Lipinski definition) is 2. The number of rotatable bonds is 5. The van der Waals surface area contributed by atoms with Crippen molar-refractivity contribution < 1.29 is 4.79 Å². The van der Waals surface area contributed by atoms with Crippen molar-refractivity contribution in [2.45, 2.75) is 25.4 Å². The summed E-state index contributed by atoms with van der Waals surface area (Å²) in [6.45, 7) is 2.07. The van der Waals surface area contributed by atoms with E-state index in [2.05, 4.69) is 27.6 Å². The molecular formula is C18H23N5O2. The molecule has 1 aliphatic heterocycles. The second-order valence-corrected chi connectivity index (χ2v) is 6.35. The van der Waals surface area contributed by atoms with Crippen LogP contribution >= 0.6 is 0 Å². The van der Waals surface area contributed by atoms with Crippen molar-refractivity contribution in [1.29, 1.82) is 0 Å². The summed E-state index contributed by atoms with van der Waals surface area (Å²) in [7, 11) is 2.13. The maximum absolute atomic E-state index is 12.3. The fourth-order valence-electron chi connectivity index (χ4n) is 2.94. The summed E-state index contributed by atoms with van der Waals surface area (Å²) in [5, 5.41) is 6.41. The topological polar surface area (TPSA) is 79.3 Å². The largest absolute Gasteiger partial charge is 0.381 e. The van der Waals surface area contributed by atoms with Crippen LogP contribution in [-0.2, 0) is 11.3 Å². The second kappa shape index (κ2) is 7.94. The van der Waals surface area contributed by atoms with E-state index in [4.69, 9.17) is 0 Å². The van der Waals surface area contributed by atoms with Gasteiger partial charge in [0.25, 0.3) is 0 Å². The fourth-order valence-corrected chi connectivity index (χ4v) is 2.94. The number of carbonyl (C=O) groups is 1. The third-order valence-corrected chi connectivity index (χ3v) is 4.38. The lowest BCUT2D eigenvalue weighted by Crippen LogP contribution is -2.37. The molecule has 0 saturated carbocycles. The maximum Gasteiger partial charge on any atom is 0.347 e. The van der Waals surface area contributed by atoms with E-state index in [1.165, 1.54) is 10.8 Å². The van der Waals surface area contributed by atoms with E-state index in [9.17, 15) is 9.59 Å². The lowest BCUT2D eigenvalue weighted by molar-refractivity contribution is -0.116. The quantitative estimate of drug-likeness (QED) is 0.859. The molecule has 1 saturated heterocycles. The molecule has 3 rings (SSSR count). The van der Waals surface area contributed by atoms with Crippen molar-refractivity contribution >= 4 is 17.3 Å². The van der Waals surface area contributed by atoms with E-state index in [0.717, 1.165) is 37.3 Å². The lowest BCUT2D eigenvalue weighted by atomic mass is 10.0. The van der Waals surface area contributed by atoms with E-state index in [1.54, 1.807) is 12.3 Å². The number of para-hydroxylation sites is 2. The average molecular weight is 341 g/mol. The molecule has 1 aliphatic rings. The first-order valence-electron chi connectivity index (χ1n) is 8.47. The summed E-state index contributed by atoms with van der Waals surface area (Å²) in [6, 6.07) is 9.68. The van der Waals surface area contributed by atoms with Gasteiger partial charge in [-0.2, -0.15) is 0 Å². The van der Waals surface area contributed by atoms with Crippen LogP contribution in [0.15, 0.2) is 47.5 Å². The molecule has 132 valence electrons. The first kappa shape index (κ1) is 17.2. The summed E-state index contributed by atoms with van der Waals surface area (Å²) in [5.74, 6) is -0.257. The molecule has 0 radical (unpaired) electrons. The zero-order chi connectivity index (χ0) is 17.6. The van der Waals surface area contributed by atoms with Gasteiger partial charge in [-0.05, 0) is 51.2 Å². The molecule has 2 aromatic rings. The van der Waals surface area contributed by atoms with Gasteiger partial charge in [-0.15, -0.1) is 0 Å². The SMILES string of the molecule is CN1CCC(Nc2ccccc2NC(=O)Cn2cccnc2=O)CC1. The van der Waals surface area contributed by atoms with Gasteiger partial charge in [-0.1, -0.05) is 12.1 Å². The molecule has 1 aromatic heterocycles. The molecule has 1 fully saturated rings. The number of nitrogens with one attached hydrogen (secondary N) is 2. The minimum Gasteiger partial charge on any atom is -0.381 e. The van der Waals surface area contributed by atoms with Gasteiger partial charge in [0.15, 0.2) is 0 Å². The third kappa shape index (κ3) is 4.67. The average Bonchev–Trinajstić information content (AvgIpc) is 2.61. The van der Waals surface area contributed by atoms with Crippen molar-refractivity contribution in [3.63, 3.8) is 0 Å². The monoisotopic (exact) mass is 341 g/mol. The highest BCUT2D eigenvalue weighted by molar-refractivity contribution is 5.94. The number of benzene rings is 1. The summed E-state index contributed by atoms with van der Waals surface area (Å²) in [4.78, 5) is 29.9. The zero-order valence-corrected chi connectivity index (χ0v) is 14.3. The van der Waals surface area contributed by atoms with Crippen LogP contribution in [0.3, 0.4) is 0 Å². The van der Waals surface area contributed by atoms with Crippen LogP contribution < -0.4 is 16.3 Å². The van der Waals surface area contributed by atoms with Crippen LogP contribution in [0.4, 0.5) is 11.4 Å². The minimum absolute atomic E-state index is 0.0603. The van der Waals surface area contributed by atoms with E-state index >= 15 is 0 Å². The summed E-state index contributed by atoms with van der Waals surface area (Å²) < 4.78 is 1.28. The number of piperidine rings is 1. The van der Waals surface area contributed by atoms with Gasteiger partial charge < -0.3 is 15.5 Å². The van der Waals surface area contributed by atoms with Crippen LogP contribution in [0, 0.1) is 0 Å². The number of carbonyl (C=O) groups excluding carboxylic acids is 1. The molecular weight excluding hydrogens is 318 g/mol. The van der Waals surface area contributed by atoms with Crippen LogP contribution in [0.2, 0.25) is 0 Å². The Bertz CT molecular complexity index is 781. The molecule has 2 heterocycles. The minimum atomic E-state index is -0.435. The molecule has 2 N–H and O–H groups in total. The zero-order valence-electron chi connectivity index (χ0n) is 14.3. The molecule has 7 nitrogen and oxygen atoms in total. The molecule has 1 aromatic carbocycles. The smallest absolute Gasteiger partial charge is 0.347 e. The number of anilines is 2. The highest BCUT2D eigenvalue weighted by Gasteiger charge is 2.17. The number of nitrogens with zero attached hydrogens (tertiary/aromatic N) is 3. The predicted molar refractivity (Wildman–Crippen MR) is 97.7 cm³/mol. The van der Waals surface area contributed by atoms with Crippen molar-refractivity contribution in [3.8, 4) is 0 Å². The molecule has 25 heavy (non-hydrogen) atoms. The molecule has 1 amide bonds. The van der Waals surface area contributed by atoms with E-state index in [-0.39, 0.29) is 12.5 Å². The van der Waals surface area contributed by atoms with Gasteiger partial charge in [-0.25, -0.2) is 9.78 Å². The van der Waals surface area contributed by atoms with E-state index < -0.39 is 5.69 Å². The Morgan fingerprint density at radius 2 is 1.92 bits per heavy atom. The number of likely N-dealkylation sites (tertiary alicyclic amines) is 1. The Balaban J connectivity index is 1.65.